The number of para-hydroxylation sites is 1. The van der Waals surface area contributed by atoms with Crippen molar-refractivity contribution in [2.45, 2.75) is 31.7 Å². The van der Waals surface area contributed by atoms with E-state index in [9.17, 15) is 14.9 Å². The fraction of sp³-hybridized carbons (Fsp3) is 0.276. The van der Waals surface area contributed by atoms with Crippen LogP contribution in [0, 0.1) is 17.2 Å². The molecule has 1 amide bonds. The number of aromatic nitrogens is 4. The lowest BCUT2D eigenvalue weighted by atomic mass is 10.0. The van der Waals surface area contributed by atoms with Gasteiger partial charge in [0.1, 0.15) is 35.0 Å². The predicted octanol–water partition coefficient (Wildman–Crippen LogP) is 3.98. The van der Waals surface area contributed by atoms with Crippen LogP contribution in [0.5, 0.6) is 11.5 Å². The first-order valence-corrected chi connectivity index (χ1v) is 13.0. The van der Waals surface area contributed by atoms with Crippen LogP contribution in [0.4, 0.5) is 5.82 Å². The molecule has 1 unspecified atom stereocenters. The minimum Gasteiger partial charge on any atom is -0.457 e. The molecular weight excluding hydrogens is 494 g/mol. The van der Waals surface area contributed by atoms with E-state index in [4.69, 9.17) is 10.5 Å². The Labute approximate surface area is 224 Å². The summed E-state index contributed by atoms with van der Waals surface area (Å²) in [6.45, 7) is 0.835. The number of carbonyl (C=O) groups excluding carboxylic acids is 1. The van der Waals surface area contributed by atoms with Gasteiger partial charge < -0.3 is 15.4 Å². The molecule has 1 atom stereocenters. The van der Waals surface area contributed by atoms with Gasteiger partial charge >= 0.3 is 5.69 Å². The number of imidazole rings is 1. The van der Waals surface area contributed by atoms with Gasteiger partial charge in [-0.25, -0.2) is 14.8 Å². The van der Waals surface area contributed by atoms with E-state index in [1.807, 2.05) is 30.3 Å². The SMILES string of the molecule is N#C/C(=C/C1CC1)C(=O)N1CCCC(n2c(=O)n(-c3ccc(Oc4ccccc4)cc3)c3c(N)ncnc32)C1. The number of benzene rings is 2. The molecule has 0 bridgehead atoms. The molecule has 2 aromatic carbocycles. The number of nitrogens with two attached hydrogens (primary N) is 1. The van der Waals surface area contributed by atoms with Crippen molar-refractivity contribution in [3.63, 3.8) is 0 Å². The van der Waals surface area contributed by atoms with Gasteiger partial charge in [0, 0.05) is 13.1 Å². The van der Waals surface area contributed by atoms with E-state index in [2.05, 4.69) is 16.0 Å². The molecule has 0 radical (unpaired) electrons. The third-order valence-electron chi connectivity index (χ3n) is 7.18. The van der Waals surface area contributed by atoms with E-state index in [1.165, 1.54) is 10.9 Å². The summed E-state index contributed by atoms with van der Waals surface area (Å²) in [4.78, 5) is 37.3. The molecule has 1 aliphatic carbocycles. The number of ether oxygens (including phenoxy) is 1. The second kappa shape index (κ2) is 10.1. The van der Waals surface area contributed by atoms with Crippen molar-refractivity contribution in [3.8, 4) is 23.3 Å². The van der Waals surface area contributed by atoms with Gasteiger partial charge in [0.25, 0.3) is 5.91 Å². The lowest BCUT2D eigenvalue weighted by Crippen LogP contribution is -2.43. The Morgan fingerprint density at radius 2 is 1.79 bits per heavy atom. The van der Waals surface area contributed by atoms with Gasteiger partial charge in [-0.15, -0.1) is 0 Å². The second-order valence-electron chi connectivity index (χ2n) is 9.90. The molecule has 196 valence electrons. The van der Waals surface area contributed by atoms with Crippen LogP contribution < -0.4 is 16.2 Å². The van der Waals surface area contributed by atoms with Crippen molar-refractivity contribution in [2.24, 2.45) is 5.92 Å². The van der Waals surface area contributed by atoms with Gasteiger partial charge in [-0.1, -0.05) is 24.3 Å². The molecule has 3 heterocycles. The highest BCUT2D eigenvalue weighted by atomic mass is 16.5. The number of allylic oxidation sites excluding steroid dienone is 1. The first-order chi connectivity index (χ1) is 19.0. The summed E-state index contributed by atoms with van der Waals surface area (Å²) < 4.78 is 9.01. The van der Waals surface area contributed by atoms with Crippen LogP contribution in [0.15, 0.2) is 77.4 Å². The Morgan fingerprint density at radius 1 is 1.05 bits per heavy atom. The highest BCUT2D eigenvalue weighted by Gasteiger charge is 2.32. The summed E-state index contributed by atoms with van der Waals surface area (Å²) >= 11 is 0. The normalized spacial score (nSPS) is 17.7. The number of nitriles is 1. The molecule has 10 heteroatoms. The predicted molar refractivity (Wildman–Crippen MR) is 145 cm³/mol. The Morgan fingerprint density at radius 3 is 2.51 bits per heavy atom. The van der Waals surface area contributed by atoms with Gasteiger partial charge in [0.15, 0.2) is 11.5 Å². The van der Waals surface area contributed by atoms with Gasteiger partial charge in [-0.2, -0.15) is 5.26 Å². The highest BCUT2D eigenvalue weighted by molar-refractivity contribution is 5.97. The standard InChI is InChI=1S/C29H27N7O3/c30-16-20(15-19-8-9-19)28(37)34-14-4-5-22(17-34)36-27-25(26(31)32-18-33-27)35(29(36)38)21-10-12-24(13-11-21)39-23-6-2-1-3-7-23/h1-3,6-7,10-13,15,18-19,22H,4-5,8-9,14,17H2,(H2,31,32,33)/b20-15-. The van der Waals surface area contributed by atoms with Crippen molar-refractivity contribution >= 4 is 22.9 Å². The fourth-order valence-electron chi connectivity index (χ4n) is 5.10. The van der Waals surface area contributed by atoms with E-state index in [1.54, 1.807) is 39.8 Å². The number of nitrogen functional groups attached to an aromatic ring is 1. The maximum absolute atomic E-state index is 13.9. The van der Waals surface area contributed by atoms with Gasteiger partial charge in [-0.3, -0.25) is 13.9 Å². The number of rotatable bonds is 6. The van der Waals surface area contributed by atoms with Crippen molar-refractivity contribution in [1.29, 1.82) is 5.26 Å². The number of carbonyl (C=O) groups is 1. The summed E-state index contributed by atoms with van der Waals surface area (Å²) in [5, 5.41) is 9.57. The van der Waals surface area contributed by atoms with Crippen molar-refractivity contribution in [1.82, 2.24) is 24.0 Å². The van der Waals surface area contributed by atoms with Crippen molar-refractivity contribution in [3.05, 3.63) is 83.1 Å². The average molecular weight is 522 g/mol. The number of anilines is 1. The molecule has 6 rings (SSSR count). The number of nitrogens with zero attached hydrogens (tertiary/aromatic N) is 6. The van der Waals surface area contributed by atoms with Crippen LogP contribution in [-0.4, -0.2) is 43.0 Å². The van der Waals surface area contributed by atoms with Crippen molar-refractivity contribution in [2.75, 3.05) is 18.8 Å². The maximum Gasteiger partial charge on any atom is 0.335 e. The summed E-state index contributed by atoms with van der Waals surface area (Å²) in [5.41, 5.74) is 7.54. The monoisotopic (exact) mass is 521 g/mol. The lowest BCUT2D eigenvalue weighted by molar-refractivity contribution is -0.128. The van der Waals surface area contributed by atoms with Crippen LogP contribution in [0.25, 0.3) is 16.9 Å². The zero-order chi connectivity index (χ0) is 26.9. The molecule has 2 fully saturated rings. The Bertz CT molecular complexity index is 1660. The van der Waals surface area contributed by atoms with Gasteiger partial charge in [-0.05, 0) is 68.0 Å². The first-order valence-electron chi connectivity index (χ1n) is 13.0. The molecule has 2 aliphatic rings. The summed E-state index contributed by atoms with van der Waals surface area (Å²) in [6.07, 6.45) is 6.53. The van der Waals surface area contributed by atoms with Crippen LogP contribution in [0.2, 0.25) is 0 Å². The molecule has 2 aromatic heterocycles. The smallest absolute Gasteiger partial charge is 0.335 e. The van der Waals surface area contributed by atoms with Crippen LogP contribution >= 0.6 is 0 Å². The third kappa shape index (κ3) is 4.75. The zero-order valence-electron chi connectivity index (χ0n) is 21.2. The van der Waals surface area contributed by atoms with Crippen molar-refractivity contribution < 1.29 is 9.53 Å². The van der Waals surface area contributed by atoms with Crippen LogP contribution in [-0.2, 0) is 4.79 Å². The number of hydrogen-bond donors (Lipinski definition) is 1. The van der Waals surface area contributed by atoms with Crippen LogP contribution in [0.3, 0.4) is 0 Å². The van der Waals surface area contributed by atoms with Crippen LogP contribution in [0.1, 0.15) is 31.7 Å². The molecular formula is C29H27N7O3. The minimum absolute atomic E-state index is 0.178. The molecule has 2 N–H and O–H groups in total. The average Bonchev–Trinajstić information content (AvgIpc) is 3.73. The van der Waals surface area contributed by atoms with E-state index in [0.717, 1.165) is 12.8 Å². The molecule has 1 aliphatic heterocycles. The number of hydrogen-bond acceptors (Lipinski definition) is 7. The number of likely N-dealkylation sites (tertiary alicyclic amines) is 1. The zero-order valence-corrected chi connectivity index (χ0v) is 21.2. The summed E-state index contributed by atoms with van der Waals surface area (Å²) in [7, 11) is 0. The number of amides is 1. The second-order valence-corrected chi connectivity index (χ2v) is 9.90. The largest absolute Gasteiger partial charge is 0.457 e. The topological polar surface area (TPSA) is 132 Å². The molecule has 10 nitrogen and oxygen atoms in total. The van der Waals surface area contributed by atoms with Gasteiger partial charge in [0.2, 0.25) is 0 Å². The minimum atomic E-state index is -0.324. The summed E-state index contributed by atoms with van der Waals surface area (Å²) in [6, 6.07) is 18.3. The highest BCUT2D eigenvalue weighted by Crippen LogP contribution is 2.32. The number of fused-ring (bicyclic) bond motifs is 1. The maximum atomic E-state index is 13.9. The molecule has 39 heavy (non-hydrogen) atoms. The first kappa shape index (κ1) is 24.4. The molecule has 4 aromatic rings. The molecule has 0 spiro atoms. The summed E-state index contributed by atoms with van der Waals surface area (Å²) in [5.74, 6) is 1.55. The third-order valence-corrected chi connectivity index (χ3v) is 7.18. The fourth-order valence-corrected chi connectivity index (χ4v) is 5.10. The molecule has 1 saturated heterocycles. The Hall–Kier alpha value is -4.91. The quantitative estimate of drug-likeness (QED) is 0.300. The Balaban J connectivity index is 1.34. The lowest BCUT2D eigenvalue weighted by Gasteiger charge is -2.33. The van der Waals surface area contributed by atoms with E-state index >= 15 is 0 Å². The number of piperidine rings is 1. The Kier molecular flexibility index (Phi) is 6.32. The van der Waals surface area contributed by atoms with E-state index in [-0.39, 0.29) is 29.0 Å². The van der Waals surface area contributed by atoms with Gasteiger partial charge in [0.05, 0.1) is 11.7 Å². The molecule has 1 saturated carbocycles. The van der Waals surface area contributed by atoms with E-state index in [0.29, 0.717) is 60.2 Å². The van der Waals surface area contributed by atoms with E-state index < -0.39 is 0 Å².